The Morgan fingerprint density at radius 3 is 2.50 bits per heavy atom. The summed E-state index contributed by atoms with van der Waals surface area (Å²) in [4.78, 5) is 11.2. The molecule has 0 fully saturated rings. The topological polar surface area (TPSA) is 26.3 Å². The maximum absolute atomic E-state index is 12.4. The van der Waals surface area contributed by atoms with Gasteiger partial charge in [-0.1, -0.05) is 31.9 Å². The van der Waals surface area contributed by atoms with Crippen molar-refractivity contribution < 1.29 is 22.7 Å². The van der Waals surface area contributed by atoms with Gasteiger partial charge >= 0.3 is 6.18 Å². The van der Waals surface area contributed by atoms with Crippen LogP contribution in [-0.2, 0) is 0 Å². The summed E-state index contributed by atoms with van der Waals surface area (Å²) in [5.41, 5.74) is -0.429. The molecule has 0 aliphatic heterocycles. The van der Waals surface area contributed by atoms with Crippen molar-refractivity contribution in [3.63, 3.8) is 0 Å². The molecule has 0 N–H and O–H groups in total. The number of ether oxygens (including phenoxy) is 1. The number of carbonyl (C=O) groups excluding carboxylic acids is 1. The number of para-hydroxylation sites is 1. The van der Waals surface area contributed by atoms with E-state index in [0.717, 1.165) is 25.3 Å². The molecular weight excluding hydrogens is 245 g/mol. The van der Waals surface area contributed by atoms with Crippen LogP contribution in [-0.4, -0.2) is 18.6 Å². The van der Waals surface area contributed by atoms with Crippen LogP contribution in [0.15, 0.2) is 24.3 Å². The van der Waals surface area contributed by atoms with Crippen molar-refractivity contribution in [3.8, 4) is 5.75 Å². The lowest BCUT2D eigenvalue weighted by Crippen LogP contribution is -2.23. The van der Waals surface area contributed by atoms with E-state index in [4.69, 9.17) is 4.74 Å². The van der Waals surface area contributed by atoms with Crippen molar-refractivity contribution in [1.82, 2.24) is 0 Å². The highest BCUT2D eigenvalue weighted by molar-refractivity contribution is 6.02. The number of ketones is 1. The van der Waals surface area contributed by atoms with E-state index in [-0.39, 0.29) is 5.75 Å². The zero-order chi connectivity index (χ0) is 13.6. The third-order valence-corrected chi connectivity index (χ3v) is 2.39. The lowest BCUT2D eigenvalue weighted by Gasteiger charge is -2.11. The molecular formula is C13H15F3O2. The van der Waals surface area contributed by atoms with E-state index in [9.17, 15) is 18.0 Å². The minimum atomic E-state index is -4.87. The molecule has 1 rings (SSSR count). The summed E-state index contributed by atoms with van der Waals surface area (Å²) in [6.45, 7) is 2.33. The van der Waals surface area contributed by atoms with Gasteiger partial charge in [0.25, 0.3) is 5.78 Å². The Morgan fingerprint density at radius 2 is 1.89 bits per heavy atom. The molecule has 0 unspecified atom stereocenters. The number of alkyl halides is 3. The van der Waals surface area contributed by atoms with Crippen molar-refractivity contribution >= 4 is 5.78 Å². The van der Waals surface area contributed by atoms with E-state index in [1.165, 1.54) is 12.1 Å². The van der Waals surface area contributed by atoms with E-state index in [1.807, 2.05) is 6.92 Å². The second-order valence-electron chi connectivity index (χ2n) is 3.88. The van der Waals surface area contributed by atoms with Crippen molar-refractivity contribution in [2.24, 2.45) is 0 Å². The second kappa shape index (κ2) is 6.42. The summed E-state index contributed by atoms with van der Waals surface area (Å²) < 4.78 is 42.3. The Hall–Kier alpha value is -1.52. The number of hydrogen-bond acceptors (Lipinski definition) is 2. The monoisotopic (exact) mass is 260 g/mol. The molecule has 0 spiro atoms. The van der Waals surface area contributed by atoms with Crippen LogP contribution in [0, 0.1) is 0 Å². The predicted octanol–water partition coefficient (Wildman–Crippen LogP) is 4.00. The summed E-state index contributed by atoms with van der Waals surface area (Å²) >= 11 is 0. The quantitative estimate of drug-likeness (QED) is 0.570. The molecule has 0 heterocycles. The van der Waals surface area contributed by atoms with Gasteiger partial charge < -0.3 is 4.74 Å². The summed E-state index contributed by atoms with van der Waals surface area (Å²) in [6, 6.07) is 5.44. The van der Waals surface area contributed by atoms with Crippen LogP contribution in [0.5, 0.6) is 5.75 Å². The molecule has 2 nitrogen and oxygen atoms in total. The number of carbonyl (C=O) groups is 1. The highest BCUT2D eigenvalue weighted by Gasteiger charge is 2.40. The van der Waals surface area contributed by atoms with Gasteiger partial charge in [0.05, 0.1) is 12.2 Å². The molecule has 0 aromatic heterocycles. The molecule has 0 bridgehead atoms. The van der Waals surface area contributed by atoms with Crippen LogP contribution in [0.3, 0.4) is 0 Å². The Bertz CT molecular complexity index is 399. The molecule has 0 saturated carbocycles. The zero-order valence-corrected chi connectivity index (χ0v) is 10.1. The van der Waals surface area contributed by atoms with Gasteiger partial charge in [0, 0.05) is 0 Å². The SMILES string of the molecule is CCCCCOc1ccccc1C(=O)C(F)(F)F. The van der Waals surface area contributed by atoms with E-state index in [1.54, 1.807) is 6.07 Å². The van der Waals surface area contributed by atoms with Crippen molar-refractivity contribution in [2.45, 2.75) is 32.4 Å². The Labute approximate surface area is 104 Å². The normalized spacial score (nSPS) is 11.3. The van der Waals surface area contributed by atoms with Crippen molar-refractivity contribution in [3.05, 3.63) is 29.8 Å². The Kier molecular flexibility index (Phi) is 5.19. The van der Waals surface area contributed by atoms with E-state index < -0.39 is 17.5 Å². The second-order valence-corrected chi connectivity index (χ2v) is 3.88. The first-order valence-corrected chi connectivity index (χ1v) is 5.80. The van der Waals surface area contributed by atoms with Crippen LogP contribution in [0.25, 0.3) is 0 Å². The fourth-order valence-corrected chi connectivity index (χ4v) is 1.47. The van der Waals surface area contributed by atoms with Crippen LogP contribution in [0.2, 0.25) is 0 Å². The fraction of sp³-hybridized carbons (Fsp3) is 0.462. The first-order valence-electron chi connectivity index (χ1n) is 5.80. The summed E-state index contributed by atoms with van der Waals surface area (Å²) in [6.07, 6.45) is -2.18. The maximum Gasteiger partial charge on any atom is 0.455 e. The Balaban J connectivity index is 2.77. The molecule has 0 amide bonds. The molecule has 1 aromatic carbocycles. The van der Waals surface area contributed by atoms with Gasteiger partial charge in [0.15, 0.2) is 0 Å². The average molecular weight is 260 g/mol. The lowest BCUT2D eigenvalue weighted by molar-refractivity contribution is -0.0886. The largest absolute Gasteiger partial charge is 0.493 e. The molecule has 5 heteroatoms. The third-order valence-electron chi connectivity index (χ3n) is 2.39. The van der Waals surface area contributed by atoms with E-state index in [0.29, 0.717) is 6.61 Å². The summed E-state index contributed by atoms with van der Waals surface area (Å²) in [5.74, 6) is -1.87. The molecule has 0 aliphatic carbocycles. The van der Waals surface area contributed by atoms with Crippen LogP contribution < -0.4 is 4.74 Å². The molecule has 1 aromatic rings. The highest BCUT2D eigenvalue weighted by Crippen LogP contribution is 2.27. The maximum atomic E-state index is 12.4. The molecule has 0 aliphatic rings. The molecule has 0 saturated heterocycles. The number of unbranched alkanes of at least 4 members (excludes halogenated alkanes) is 2. The lowest BCUT2D eigenvalue weighted by atomic mass is 10.1. The van der Waals surface area contributed by atoms with Crippen LogP contribution in [0.1, 0.15) is 36.5 Å². The minimum Gasteiger partial charge on any atom is -0.493 e. The first kappa shape index (κ1) is 14.5. The molecule has 18 heavy (non-hydrogen) atoms. The summed E-state index contributed by atoms with van der Waals surface area (Å²) in [7, 11) is 0. The zero-order valence-electron chi connectivity index (χ0n) is 10.1. The average Bonchev–Trinajstić information content (AvgIpc) is 2.33. The Morgan fingerprint density at radius 1 is 1.22 bits per heavy atom. The summed E-state index contributed by atoms with van der Waals surface area (Å²) in [5, 5.41) is 0. The van der Waals surface area contributed by atoms with Gasteiger partial charge in [0.2, 0.25) is 0 Å². The van der Waals surface area contributed by atoms with Gasteiger partial charge in [-0.15, -0.1) is 0 Å². The first-order chi connectivity index (χ1) is 8.46. The van der Waals surface area contributed by atoms with Gasteiger partial charge in [-0.25, -0.2) is 0 Å². The van der Waals surface area contributed by atoms with Crippen molar-refractivity contribution in [1.29, 1.82) is 0 Å². The van der Waals surface area contributed by atoms with E-state index >= 15 is 0 Å². The van der Waals surface area contributed by atoms with Crippen LogP contribution >= 0.6 is 0 Å². The van der Waals surface area contributed by atoms with Gasteiger partial charge in [-0.3, -0.25) is 4.79 Å². The predicted molar refractivity (Wildman–Crippen MR) is 61.8 cm³/mol. The van der Waals surface area contributed by atoms with Gasteiger partial charge in [-0.2, -0.15) is 13.2 Å². The highest BCUT2D eigenvalue weighted by atomic mass is 19.4. The smallest absolute Gasteiger partial charge is 0.455 e. The minimum absolute atomic E-state index is 0.00377. The fourth-order valence-electron chi connectivity index (χ4n) is 1.47. The third kappa shape index (κ3) is 4.05. The standard InChI is InChI=1S/C13H15F3O2/c1-2-3-6-9-18-11-8-5-4-7-10(11)12(17)13(14,15)16/h4-5,7-8H,2-3,6,9H2,1H3. The van der Waals surface area contributed by atoms with Gasteiger partial charge in [-0.05, 0) is 18.6 Å². The van der Waals surface area contributed by atoms with Crippen LogP contribution in [0.4, 0.5) is 13.2 Å². The van der Waals surface area contributed by atoms with E-state index in [2.05, 4.69) is 0 Å². The number of rotatable bonds is 6. The number of halogens is 3. The molecule has 0 radical (unpaired) electrons. The number of Topliss-reactive ketones (excluding diaryl/α,β-unsaturated/α-hetero) is 1. The van der Waals surface area contributed by atoms with Gasteiger partial charge in [0.1, 0.15) is 5.75 Å². The number of benzene rings is 1. The van der Waals surface area contributed by atoms with Crippen molar-refractivity contribution in [2.75, 3.05) is 6.61 Å². The molecule has 0 atom stereocenters. The number of hydrogen-bond donors (Lipinski definition) is 0. The molecule has 100 valence electrons.